The topological polar surface area (TPSA) is 36.1 Å². The molecule has 156 valence electrons. The summed E-state index contributed by atoms with van der Waals surface area (Å²) in [6.07, 6.45) is 9.44. The van der Waals surface area contributed by atoms with E-state index in [0.717, 1.165) is 30.8 Å². The molecule has 1 aliphatic rings. The Bertz CT molecular complexity index is 342. The van der Waals surface area contributed by atoms with Crippen LogP contribution in [0.3, 0.4) is 0 Å². The van der Waals surface area contributed by atoms with Gasteiger partial charge < -0.3 is 16.0 Å². The first kappa shape index (κ1) is 23.9. The number of rotatable bonds is 12. The molecular weight excluding hydrogens is 318 g/mol. The summed E-state index contributed by atoms with van der Waals surface area (Å²) in [6, 6.07) is 1.19. The number of nitrogens with one attached hydrogen (secondary N) is 3. The summed E-state index contributed by atoms with van der Waals surface area (Å²) >= 11 is 0. The molecule has 0 unspecified atom stereocenters. The summed E-state index contributed by atoms with van der Waals surface area (Å²) in [4.78, 5) is 0. The summed E-state index contributed by atoms with van der Waals surface area (Å²) in [5.74, 6) is 2.53. The maximum Gasteiger partial charge on any atom is 0.0218 e. The van der Waals surface area contributed by atoms with E-state index in [1.807, 2.05) is 0 Å². The molecule has 0 aromatic heterocycles. The smallest absolute Gasteiger partial charge is 0.0218 e. The first-order chi connectivity index (χ1) is 12.3. The first-order valence-corrected chi connectivity index (χ1v) is 11.4. The molecule has 3 heteroatoms. The summed E-state index contributed by atoms with van der Waals surface area (Å²) < 4.78 is 0. The van der Waals surface area contributed by atoms with Crippen LogP contribution in [0.2, 0.25) is 0 Å². The summed E-state index contributed by atoms with van der Waals surface area (Å²) in [6.45, 7) is 17.6. The Labute approximate surface area is 164 Å². The van der Waals surface area contributed by atoms with Crippen LogP contribution in [-0.4, -0.2) is 38.8 Å². The van der Waals surface area contributed by atoms with Gasteiger partial charge in [-0.05, 0) is 68.9 Å². The molecule has 0 aliphatic heterocycles. The van der Waals surface area contributed by atoms with Crippen molar-refractivity contribution in [2.24, 2.45) is 23.2 Å². The van der Waals surface area contributed by atoms with Crippen molar-refractivity contribution < 1.29 is 0 Å². The number of hydrogen-bond donors (Lipinski definition) is 3. The molecule has 0 aromatic carbocycles. The van der Waals surface area contributed by atoms with Crippen LogP contribution in [-0.2, 0) is 0 Å². The predicted octanol–water partition coefficient (Wildman–Crippen LogP) is 4.82. The maximum atomic E-state index is 3.92. The first-order valence-electron chi connectivity index (χ1n) is 11.4. The average Bonchev–Trinajstić information content (AvgIpc) is 2.61. The van der Waals surface area contributed by atoms with Gasteiger partial charge >= 0.3 is 0 Å². The van der Waals surface area contributed by atoms with Crippen LogP contribution in [0.25, 0.3) is 0 Å². The lowest BCUT2D eigenvalue weighted by Gasteiger charge is -2.37. The minimum Gasteiger partial charge on any atom is -0.318 e. The third-order valence-electron chi connectivity index (χ3n) is 6.79. The molecule has 0 radical (unpaired) electrons. The molecule has 0 aromatic rings. The van der Waals surface area contributed by atoms with Crippen LogP contribution in [0, 0.1) is 23.2 Å². The Hall–Kier alpha value is -0.120. The van der Waals surface area contributed by atoms with E-state index >= 15 is 0 Å². The highest BCUT2D eigenvalue weighted by molar-refractivity contribution is 4.83. The third kappa shape index (κ3) is 8.71. The number of hydrogen-bond acceptors (Lipinski definition) is 3. The molecule has 0 spiro atoms. The normalized spacial score (nSPS) is 25.0. The zero-order chi connectivity index (χ0) is 19.6. The van der Waals surface area contributed by atoms with Crippen molar-refractivity contribution in [2.45, 2.75) is 98.6 Å². The van der Waals surface area contributed by atoms with Crippen LogP contribution in [0.5, 0.6) is 0 Å². The fourth-order valence-electron chi connectivity index (χ4n) is 4.46. The number of likely N-dealkylation sites (N-methyl/N-ethyl adjacent to an activating group) is 1. The summed E-state index contributed by atoms with van der Waals surface area (Å²) in [5.41, 5.74) is 0.491. The Morgan fingerprint density at radius 3 is 2.12 bits per heavy atom. The van der Waals surface area contributed by atoms with Gasteiger partial charge in [-0.1, -0.05) is 54.4 Å². The van der Waals surface area contributed by atoms with E-state index in [1.54, 1.807) is 0 Å². The van der Waals surface area contributed by atoms with Crippen LogP contribution < -0.4 is 16.0 Å². The lowest BCUT2D eigenvalue weighted by Crippen LogP contribution is -2.49. The van der Waals surface area contributed by atoms with Crippen molar-refractivity contribution in [1.82, 2.24) is 16.0 Å². The van der Waals surface area contributed by atoms with Gasteiger partial charge in [-0.15, -0.1) is 0 Å². The average molecular weight is 368 g/mol. The third-order valence-corrected chi connectivity index (χ3v) is 6.79. The zero-order valence-electron chi connectivity index (χ0n) is 19.0. The molecule has 1 aliphatic carbocycles. The van der Waals surface area contributed by atoms with E-state index in [-0.39, 0.29) is 0 Å². The predicted molar refractivity (Wildman–Crippen MR) is 117 cm³/mol. The van der Waals surface area contributed by atoms with E-state index in [4.69, 9.17) is 0 Å². The highest BCUT2D eigenvalue weighted by atomic mass is 15.0. The molecule has 1 fully saturated rings. The quantitative estimate of drug-likeness (QED) is 0.463. The standard InChI is InChI=1S/C23H49N3/c1-8-10-21(16-26-22(17-24-7)18(3)9-2)25-15-19-11-13-20(14-12-19)23(4,5)6/h18-22,24-26H,8-17H2,1-7H3/t18-,19?,20?,21+,22+/m1/s1. The highest BCUT2D eigenvalue weighted by Crippen LogP contribution is 2.39. The zero-order valence-corrected chi connectivity index (χ0v) is 19.0. The van der Waals surface area contributed by atoms with Gasteiger partial charge in [0, 0.05) is 25.2 Å². The van der Waals surface area contributed by atoms with Crippen LogP contribution in [0.1, 0.15) is 86.5 Å². The molecule has 3 atom stereocenters. The van der Waals surface area contributed by atoms with Crippen molar-refractivity contribution in [1.29, 1.82) is 0 Å². The summed E-state index contributed by atoms with van der Waals surface area (Å²) in [7, 11) is 2.06. The highest BCUT2D eigenvalue weighted by Gasteiger charge is 2.29. The molecule has 0 saturated heterocycles. The molecule has 3 nitrogen and oxygen atoms in total. The fourth-order valence-corrected chi connectivity index (χ4v) is 4.46. The molecule has 26 heavy (non-hydrogen) atoms. The Kier molecular flexibility index (Phi) is 11.4. The van der Waals surface area contributed by atoms with Crippen molar-refractivity contribution >= 4 is 0 Å². The Balaban J connectivity index is 2.39. The lowest BCUT2D eigenvalue weighted by atomic mass is 9.70. The van der Waals surface area contributed by atoms with Crippen LogP contribution in [0.4, 0.5) is 0 Å². The monoisotopic (exact) mass is 367 g/mol. The van der Waals surface area contributed by atoms with Crippen molar-refractivity contribution in [3.8, 4) is 0 Å². The second kappa shape index (κ2) is 12.4. The van der Waals surface area contributed by atoms with Gasteiger partial charge in [-0.2, -0.15) is 0 Å². The Morgan fingerprint density at radius 1 is 0.962 bits per heavy atom. The van der Waals surface area contributed by atoms with E-state index in [2.05, 4.69) is 64.5 Å². The molecule has 1 rings (SSSR count). The Morgan fingerprint density at radius 2 is 1.62 bits per heavy atom. The lowest BCUT2D eigenvalue weighted by molar-refractivity contribution is 0.147. The maximum absolute atomic E-state index is 3.92. The molecule has 0 amide bonds. The second-order valence-corrected chi connectivity index (χ2v) is 9.94. The van der Waals surface area contributed by atoms with Gasteiger partial charge in [0.05, 0.1) is 0 Å². The van der Waals surface area contributed by atoms with Gasteiger partial charge in [0.1, 0.15) is 0 Å². The van der Waals surface area contributed by atoms with Crippen molar-refractivity contribution in [3.63, 3.8) is 0 Å². The largest absolute Gasteiger partial charge is 0.318 e. The van der Waals surface area contributed by atoms with E-state index in [9.17, 15) is 0 Å². The van der Waals surface area contributed by atoms with Gasteiger partial charge in [0.2, 0.25) is 0 Å². The van der Waals surface area contributed by atoms with E-state index < -0.39 is 0 Å². The molecular formula is C23H49N3. The van der Waals surface area contributed by atoms with Crippen LogP contribution in [0.15, 0.2) is 0 Å². The molecule has 1 saturated carbocycles. The molecule has 3 N–H and O–H groups in total. The van der Waals surface area contributed by atoms with E-state index in [1.165, 1.54) is 51.5 Å². The van der Waals surface area contributed by atoms with Crippen LogP contribution >= 0.6 is 0 Å². The SMILES string of the molecule is CCC[C@@H](CN[C@@H](CNC)[C@H](C)CC)NCC1CCC(C(C)(C)C)CC1. The van der Waals surface area contributed by atoms with Gasteiger partial charge in [-0.3, -0.25) is 0 Å². The molecule has 0 bridgehead atoms. The van der Waals surface area contributed by atoms with Gasteiger partial charge in [-0.25, -0.2) is 0 Å². The van der Waals surface area contributed by atoms with Gasteiger partial charge in [0.15, 0.2) is 0 Å². The second-order valence-electron chi connectivity index (χ2n) is 9.94. The van der Waals surface area contributed by atoms with E-state index in [0.29, 0.717) is 17.5 Å². The van der Waals surface area contributed by atoms with Crippen molar-refractivity contribution in [2.75, 3.05) is 26.7 Å². The minimum absolute atomic E-state index is 0.491. The van der Waals surface area contributed by atoms with Crippen molar-refractivity contribution in [3.05, 3.63) is 0 Å². The molecule has 0 heterocycles. The fraction of sp³-hybridized carbons (Fsp3) is 1.00. The van der Waals surface area contributed by atoms with Gasteiger partial charge in [0.25, 0.3) is 0 Å². The summed E-state index contributed by atoms with van der Waals surface area (Å²) in [5, 5.41) is 11.1. The minimum atomic E-state index is 0.491.